The second-order valence-electron chi connectivity index (χ2n) is 5.18. The molecule has 1 aromatic carbocycles. The van der Waals surface area contributed by atoms with Crippen molar-refractivity contribution in [1.29, 1.82) is 0 Å². The quantitative estimate of drug-likeness (QED) is 0.740. The molecule has 0 saturated carbocycles. The lowest BCUT2D eigenvalue weighted by Crippen LogP contribution is -2.27. The van der Waals surface area contributed by atoms with Gasteiger partial charge in [-0.25, -0.2) is 4.98 Å². The average molecular weight is 311 g/mol. The lowest BCUT2D eigenvalue weighted by Gasteiger charge is -2.16. The number of benzene rings is 1. The highest BCUT2D eigenvalue weighted by atomic mass is 32.1. The average Bonchev–Trinajstić information content (AvgIpc) is 3.16. The predicted molar refractivity (Wildman–Crippen MR) is 88.8 cm³/mol. The van der Waals surface area contributed by atoms with Crippen molar-refractivity contribution in [3.63, 3.8) is 0 Å². The van der Waals surface area contributed by atoms with Gasteiger partial charge in [0.1, 0.15) is 10.7 Å². The third-order valence-electron chi connectivity index (χ3n) is 3.48. The van der Waals surface area contributed by atoms with Gasteiger partial charge in [-0.1, -0.05) is 30.3 Å². The zero-order chi connectivity index (χ0) is 15.5. The summed E-state index contributed by atoms with van der Waals surface area (Å²) in [5.74, 6) is 0.00163. The molecule has 0 spiro atoms. The lowest BCUT2D eigenvalue weighted by molar-refractivity contribution is 0.0774. The Balaban J connectivity index is 1.73. The molecule has 5 heteroatoms. The maximum Gasteiger partial charge on any atom is 0.270 e. The largest absolute Gasteiger partial charge is 0.347 e. The SMILES string of the molecule is CN(Cc1csc(-c2ccccc2)n1)C(=O)c1cccn1C. The molecule has 0 aliphatic heterocycles. The number of thiazole rings is 1. The molecule has 0 bridgehead atoms. The Morgan fingerprint density at radius 2 is 2.00 bits per heavy atom. The Labute approximate surface area is 133 Å². The molecule has 0 fully saturated rings. The Kier molecular flexibility index (Phi) is 4.06. The van der Waals surface area contributed by atoms with Crippen LogP contribution in [0.4, 0.5) is 0 Å². The van der Waals surface area contributed by atoms with Crippen LogP contribution in [0.25, 0.3) is 10.6 Å². The van der Waals surface area contributed by atoms with Gasteiger partial charge < -0.3 is 9.47 Å². The van der Waals surface area contributed by atoms with Gasteiger partial charge in [0.15, 0.2) is 0 Å². The molecule has 1 amide bonds. The number of hydrogen-bond acceptors (Lipinski definition) is 3. The fourth-order valence-electron chi connectivity index (χ4n) is 2.29. The van der Waals surface area contributed by atoms with E-state index in [1.807, 2.05) is 65.7 Å². The van der Waals surface area contributed by atoms with Crippen LogP contribution in [-0.2, 0) is 13.6 Å². The Morgan fingerprint density at radius 1 is 1.23 bits per heavy atom. The van der Waals surface area contributed by atoms with Gasteiger partial charge in [0.25, 0.3) is 5.91 Å². The van der Waals surface area contributed by atoms with Crippen molar-refractivity contribution < 1.29 is 4.79 Å². The molecule has 3 rings (SSSR count). The van der Waals surface area contributed by atoms with Crippen LogP contribution >= 0.6 is 11.3 Å². The first-order chi connectivity index (χ1) is 10.6. The first kappa shape index (κ1) is 14.5. The van der Waals surface area contributed by atoms with Gasteiger partial charge in [0, 0.05) is 31.2 Å². The lowest BCUT2D eigenvalue weighted by atomic mass is 10.2. The van der Waals surface area contributed by atoms with Crippen molar-refractivity contribution in [2.24, 2.45) is 7.05 Å². The first-order valence-corrected chi connectivity index (χ1v) is 7.90. The van der Waals surface area contributed by atoms with Gasteiger partial charge in [-0.05, 0) is 12.1 Å². The number of aromatic nitrogens is 2. The van der Waals surface area contributed by atoms with Crippen LogP contribution < -0.4 is 0 Å². The number of carbonyl (C=O) groups excluding carboxylic acids is 1. The summed E-state index contributed by atoms with van der Waals surface area (Å²) < 4.78 is 1.83. The molecule has 0 unspecified atom stereocenters. The van der Waals surface area contributed by atoms with Crippen LogP contribution in [-0.4, -0.2) is 27.4 Å². The number of amides is 1. The van der Waals surface area contributed by atoms with Crippen LogP contribution in [0.5, 0.6) is 0 Å². The minimum atomic E-state index is 0.00163. The van der Waals surface area contributed by atoms with Crippen molar-refractivity contribution in [3.8, 4) is 10.6 Å². The number of nitrogens with zero attached hydrogens (tertiary/aromatic N) is 3. The highest BCUT2D eigenvalue weighted by Gasteiger charge is 2.16. The van der Waals surface area contributed by atoms with Crippen LogP contribution in [0.2, 0.25) is 0 Å². The van der Waals surface area contributed by atoms with Crippen molar-refractivity contribution in [2.45, 2.75) is 6.54 Å². The normalized spacial score (nSPS) is 10.6. The Hall–Kier alpha value is -2.40. The minimum Gasteiger partial charge on any atom is -0.347 e. The maximum atomic E-state index is 12.4. The van der Waals surface area contributed by atoms with Crippen LogP contribution in [0.15, 0.2) is 54.0 Å². The summed E-state index contributed by atoms with van der Waals surface area (Å²) in [6, 6.07) is 13.8. The van der Waals surface area contributed by atoms with E-state index < -0.39 is 0 Å². The number of carbonyl (C=O) groups is 1. The summed E-state index contributed by atoms with van der Waals surface area (Å²) in [7, 11) is 3.67. The predicted octanol–water partition coefficient (Wildman–Crippen LogP) is 3.42. The summed E-state index contributed by atoms with van der Waals surface area (Å²) in [6.07, 6.45) is 1.87. The summed E-state index contributed by atoms with van der Waals surface area (Å²) in [5, 5.41) is 2.99. The molecule has 0 aliphatic rings. The highest BCUT2D eigenvalue weighted by Crippen LogP contribution is 2.23. The van der Waals surface area contributed by atoms with Crippen molar-refractivity contribution in [3.05, 3.63) is 65.4 Å². The molecule has 2 heterocycles. The van der Waals surface area contributed by atoms with E-state index in [4.69, 9.17) is 0 Å². The Morgan fingerprint density at radius 3 is 2.68 bits per heavy atom. The van der Waals surface area contributed by atoms with Crippen molar-refractivity contribution in [2.75, 3.05) is 7.05 Å². The van der Waals surface area contributed by atoms with Crippen molar-refractivity contribution >= 4 is 17.2 Å². The van der Waals surface area contributed by atoms with E-state index in [2.05, 4.69) is 4.98 Å². The van der Waals surface area contributed by atoms with Gasteiger partial charge in [0.05, 0.1) is 12.2 Å². The molecule has 4 nitrogen and oxygen atoms in total. The van der Waals surface area contributed by atoms with Crippen LogP contribution in [0, 0.1) is 0 Å². The molecule has 0 radical (unpaired) electrons. The summed E-state index contributed by atoms with van der Waals surface area (Å²) in [6.45, 7) is 0.507. The third kappa shape index (κ3) is 2.94. The number of aryl methyl sites for hydroxylation is 1. The summed E-state index contributed by atoms with van der Waals surface area (Å²) in [5.41, 5.74) is 2.70. The van der Waals surface area contributed by atoms with E-state index in [0.717, 1.165) is 16.3 Å². The van der Waals surface area contributed by atoms with Gasteiger partial charge in [0.2, 0.25) is 0 Å². The Bertz CT molecular complexity index is 776. The molecule has 0 saturated heterocycles. The second-order valence-corrected chi connectivity index (χ2v) is 6.03. The van der Waals surface area contributed by atoms with Crippen LogP contribution in [0.3, 0.4) is 0 Å². The number of hydrogen-bond donors (Lipinski definition) is 0. The molecule has 112 valence electrons. The topological polar surface area (TPSA) is 38.1 Å². The van der Waals surface area contributed by atoms with Gasteiger partial charge in [-0.3, -0.25) is 4.79 Å². The van der Waals surface area contributed by atoms with Gasteiger partial charge in [-0.15, -0.1) is 11.3 Å². The minimum absolute atomic E-state index is 0.00163. The van der Waals surface area contributed by atoms with E-state index in [0.29, 0.717) is 12.2 Å². The fourth-order valence-corrected chi connectivity index (χ4v) is 3.10. The molecule has 22 heavy (non-hydrogen) atoms. The highest BCUT2D eigenvalue weighted by molar-refractivity contribution is 7.13. The zero-order valence-electron chi connectivity index (χ0n) is 12.6. The smallest absolute Gasteiger partial charge is 0.270 e. The van der Waals surface area contributed by atoms with Gasteiger partial charge >= 0.3 is 0 Å². The monoisotopic (exact) mass is 311 g/mol. The molecular weight excluding hydrogens is 294 g/mol. The van der Waals surface area contributed by atoms with E-state index in [-0.39, 0.29) is 5.91 Å². The third-order valence-corrected chi connectivity index (χ3v) is 4.42. The molecule has 0 aliphatic carbocycles. The van der Waals surface area contributed by atoms with E-state index in [1.54, 1.807) is 23.3 Å². The van der Waals surface area contributed by atoms with E-state index >= 15 is 0 Å². The van der Waals surface area contributed by atoms with Crippen LogP contribution in [0.1, 0.15) is 16.2 Å². The molecular formula is C17H17N3OS. The standard InChI is InChI=1S/C17H17N3OS/c1-19-10-6-9-15(19)17(21)20(2)11-14-12-22-16(18-14)13-7-4-3-5-8-13/h3-10,12H,11H2,1-2H3. The van der Waals surface area contributed by atoms with Crippen molar-refractivity contribution in [1.82, 2.24) is 14.5 Å². The maximum absolute atomic E-state index is 12.4. The fraction of sp³-hybridized carbons (Fsp3) is 0.176. The molecule has 2 aromatic heterocycles. The zero-order valence-corrected chi connectivity index (χ0v) is 13.4. The molecule has 3 aromatic rings. The molecule has 0 atom stereocenters. The summed E-state index contributed by atoms with van der Waals surface area (Å²) in [4.78, 5) is 18.7. The number of rotatable bonds is 4. The van der Waals surface area contributed by atoms with Gasteiger partial charge in [-0.2, -0.15) is 0 Å². The first-order valence-electron chi connectivity index (χ1n) is 7.02. The summed E-state index contributed by atoms with van der Waals surface area (Å²) >= 11 is 1.60. The molecule has 0 N–H and O–H groups in total. The second kappa shape index (κ2) is 6.15. The van der Waals surface area contributed by atoms with E-state index in [9.17, 15) is 4.79 Å². The van der Waals surface area contributed by atoms with E-state index in [1.165, 1.54) is 0 Å².